The Balaban J connectivity index is 2.26. The third-order valence-corrected chi connectivity index (χ3v) is 2.54. The Hall–Kier alpha value is -1.08. The van der Waals surface area contributed by atoms with Crippen LogP contribution in [0.15, 0.2) is 0 Å². The lowest BCUT2D eigenvalue weighted by Crippen LogP contribution is -2.07. The summed E-state index contributed by atoms with van der Waals surface area (Å²) in [5.41, 5.74) is 10.9. The van der Waals surface area contributed by atoms with Crippen LogP contribution in [0.4, 0.5) is 11.9 Å². The summed E-state index contributed by atoms with van der Waals surface area (Å²) >= 11 is 1.68. The van der Waals surface area contributed by atoms with Crippen molar-refractivity contribution in [2.75, 3.05) is 23.8 Å². The van der Waals surface area contributed by atoms with Crippen LogP contribution in [0.2, 0.25) is 0 Å². The van der Waals surface area contributed by atoms with E-state index in [1.54, 1.807) is 11.8 Å². The van der Waals surface area contributed by atoms with Crippen LogP contribution in [0.1, 0.15) is 19.7 Å². The summed E-state index contributed by atoms with van der Waals surface area (Å²) in [6.45, 7) is 4.74. The number of anilines is 2. The van der Waals surface area contributed by atoms with Gasteiger partial charge in [-0.1, -0.05) is 0 Å². The van der Waals surface area contributed by atoms with Crippen molar-refractivity contribution >= 4 is 23.7 Å². The molecule has 0 amide bonds. The van der Waals surface area contributed by atoms with E-state index in [9.17, 15) is 0 Å². The summed E-state index contributed by atoms with van der Waals surface area (Å²) in [5, 5.41) is 0. The molecule has 0 fully saturated rings. The fourth-order valence-electron chi connectivity index (χ4n) is 1.03. The zero-order chi connectivity index (χ0) is 12.0. The van der Waals surface area contributed by atoms with Gasteiger partial charge in [0, 0.05) is 5.75 Å². The molecule has 0 aliphatic heterocycles. The largest absolute Gasteiger partial charge is 0.378 e. The molecule has 1 aromatic rings. The second kappa shape index (κ2) is 6.49. The molecule has 7 heteroatoms. The Morgan fingerprint density at radius 2 is 1.81 bits per heavy atom. The highest BCUT2D eigenvalue weighted by atomic mass is 32.2. The predicted molar refractivity (Wildman–Crippen MR) is 65.9 cm³/mol. The molecule has 0 aromatic carbocycles. The summed E-state index contributed by atoms with van der Waals surface area (Å²) in [6, 6.07) is 0. The first-order valence-corrected chi connectivity index (χ1v) is 6.18. The summed E-state index contributed by atoms with van der Waals surface area (Å²) < 4.78 is 5.40. The lowest BCUT2D eigenvalue weighted by atomic mass is 10.5. The van der Waals surface area contributed by atoms with E-state index in [4.69, 9.17) is 16.2 Å². The van der Waals surface area contributed by atoms with Crippen LogP contribution in [0.25, 0.3) is 0 Å². The zero-order valence-corrected chi connectivity index (χ0v) is 10.3. The van der Waals surface area contributed by atoms with Gasteiger partial charge < -0.3 is 16.2 Å². The molecule has 0 unspecified atom stereocenters. The van der Waals surface area contributed by atoms with Gasteiger partial charge in [-0.25, -0.2) is 0 Å². The van der Waals surface area contributed by atoms with Gasteiger partial charge in [0.05, 0.1) is 18.5 Å². The first kappa shape index (κ1) is 13.0. The van der Waals surface area contributed by atoms with E-state index in [1.165, 1.54) is 0 Å². The molecule has 1 rings (SSSR count). The molecule has 90 valence electrons. The molecule has 0 spiro atoms. The fourth-order valence-corrected chi connectivity index (χ4v) is 1.70. The van der Waals surface area contributed by atoms with Crippen molar-refractivity contribution in [3.63, 3.8) is 0 Å². The molecule has 0 aliphatic rings. The molecule has 0 atom stereocenters. The molecule has 1 aromatic heterocycles. The molecule has 4 N–H and O–H groups in total. The fraction of sp³-hybridized carbons (Fsp3) is 0.667. The topological polar surface area (TPSA) is 99.9 Å². The van der Waals surface area contributed by atoms with E-state index in [-0.39, 0.29) is 18.0 Å². The number of nitrogen functional groups attached to an aromatic ring is 2. The first-order valence-electron chi connectivity index (χ1n) is 5.03. The number of aromatic nitrogens is 3. The molecule has 0 radical (unpaired) electrons. The molecule has 16 heavy (non-hydrogen) atoms. The predicted octanol–water partition coefficient (Wildman–Crippen LogP) is 0.694. The second-order valence-corrected chi connectivity index (χ2v) is 4.55. The Bertz CT molecular complexity index is 313. The maximum Gasteiger partial charge on any atom is 0.225 e. The van der Waals surface area contributed by atoms with Crippen LogP contribution in [-0.2, 0) is 10.5 Å². The highest BCUT2D eigenvalue weighted by Gasteiger charge is 2.02. The van der Waals surface area contributed by atoms with Gasteiger partial charge in [-0.3, -0.25) is 0 Å². The Kier molecular flexibility index (Phi) is 5.27. The molecule has 0 saturated heterocycles. The molecular weight excluding hydrogens is 226 g/mol. The van der Waals surface area contributed by atoms with Crippen molar-refractivity contribution in [2.24, 2.45) is 0 Å². The van der Waals surface area contributed by atoms with E-state index in [0.29, 0.717) is 11.6 Å². The molecule has 0 aliphatic carbocycles. The van der Waals surface area contributed by atoms with E-state index >= 15 is 0 Å². The number of rotatable bonds is 6. The van der Waals surface area contributed by atoms with Crippen molar-refractivity contribution < 1.29 is 4.74 Å². The summed E-state index contributed by atoms with van der Waals surface area (Å²) in [7, 11) is 0. The monoisotopic (exact) mass is 243 g/mol. The van der Waals surface area contributed by atoms with Crippen LogP contribution < -0.4 is 11.5 Å². The van der Waals surface area contributed by atoms with Gasteiger partial charge >= 0.3 is 0 Å². The highest BCUT2D eigenvalue weighted by molar-refractivity contribution is 7.98. The number of thioether (sulfide) groups is 1. The standard InChI is InChI=1S/C9H17N5OS/c1-6(2)15-3-4-16-5-7-12-8(10)14-9(11)13-7/h6H,3-5H2,1-2H3,(H4,10,11,12,13,14). The van der Waals surface area contributed by atoms with E-state index in [0.717, 1.165) is 12.4 Å². The van der Waals surface area contributed by atoms with Gasteiger partial charge in [-0.05, 0) is 13.8 Å². The van der Waals surface area contributed by atoms with Crippen molar-refractivity contribution in [3.05, 3.63) is 5.82 Å². The minimum atomic E-state index is 0.168. The van der Waals surface area contributed by atoms with Crippen molar-refractivity contribution in [1.29, 1.82) is 0 Å². The van der Waals surface area contributed by atoms with Crippen molar-refractivity contribution in [2.45, 2.75) is 25.7 Å². The van der Waals surface area contributed by atoms with Gasteiger partial charge in [0.2, 0.25) is 11.9 Å². The minimum Gasteiger partial charge on any atom is -0.378 e. The number of hydrogen-bond acceptors (Lipinski definition) is 7. The summed E-state index contributed by atoms with van der Waals surface area (Å²) in [4.78, 5) is 11.7. The summed E-state index contributed by atoms with van der Waals surface area (Å²) in [6.07, 6.45) is 0.268. The Labute approximate surface area is 99.2 Å². The van der Waals surface area contributed by atoms with Gasteiger partial charge in [0.15, 0.2) is 0 Å². The Morgan fingerprint density at radius 3 is 2.38 bits per heavy atom. The number of nitrogens with two attached hydrogens (primary N) is 2. The Morgan fingerprint density at radius 1 is 1.19 bits per heavy atom. The SMILES string of the molecule is CC(C)OCCSCc1nc(N)nc(N)n1. The number of ether oxygens (including phenoxy) is 1. The quantitative estimate of drug-likeness (QED) is 0.709. The van der Waals surface area contributed by atoms with Crippen LogP contribution in [0.5, 0.6) is 0 Å². The summed E-state index contributed by atoms with van der Waals surface area (Å²) in [5.74, 6) is 2.50. The number of nitrogens with zero attached hydrogens (tertiary/aromatic N) is 3. The third kappa shape index (κ3) is 5.13. The zero-order valence-electron chi connectivity index (χ0n) is 9.51. The molecular formula is C9H17N5OS. The van der Waals surface area contributed by atoms with Crippen LogP contribution in [-0.4, -0.2) is 33.4 Å². The van der Waals surface area contributed by atoms with Crippen LogP contribution in [0, 0.1) is 0 Å². The maximum atomic E-state index is 5.45. The number of hydrogen-bond donors (Lipinski definition) is 2. The lowest BCUT2D eigenvalue weighted by molar-refractivity contribution is 0.0920. The molecule has 1 heterocycles. The highest BCUT2D eigenvalue weighted by Crippen LogP contribution is 2.09. The van der Waals surface area contributed by atoms with Gasteiger partial charge in [0.25, 0.3) is 0 Å². The van der Waals surface area contributed by atoms with E-state index in [1.807, 2.05) is 13.8 Å². The maximum absolute atomic E-state index is 5.45. The average molecular weight is 243 g/mol. The van der Waals surface area contributed by atoms with Crippen molar-refractivity contribution in [1.82, 2.24) is 15.0 Å². The van der Waals surface area contributed by atoms with Crippen LogP contribution in [0.3, 0.4) is 0 Å². The minimum absolute atomic E-state index is 0.168. The molecule has 6 nitrogen and oxygen atoms in total. The third-order valence-electron chi connectivity index (χ3n) is 1.63. The molecule has 0 saturated carbocycles. The van der Waals surface area contributed by atoms with Gasteiger partial charge in [-0.15, -0.1) is 0 Å². The smallest absolute Gasteiger partial charge is 0.225 e. The van der Waals surface area contributed by atoms with E-state index in [2.05, 4.69) is 15.0 Å². The first-order chi connectivity index (χ1) is 7.58. The van der Waals surface area contributed by atoms with Gasteiger partial charge in [-0.2, -0.15) is 26.7 Å². The average Bonchev–Trinajstić information content (AvgIpc) is 2.15. The molecule has 0 bridgehead atoms. The van der Waals surface area contributed by atoms with Gasteiger partial charge in [0.1, 0.15) is 5.82 Å². The normalized spacial score (nSPS) is 10.9. The second-order valence-electron chi connectivity index (χ2n) is 3.44. The van der Waals surface area contributed by atoms with Crippen LogP contribution >= 0.6 is 11.8 Å². The lowest BCUT2D eigenvalue weighted by Gasteiger charge is -2.06. The van der Waals surface area contributed by atoms with E-state index < -0.39 is 0 Å². The van der Waals surface area contributed by atoms with Crippen molar-refractivity contribution in [3.8, 4) is 0 Å².